The Balaban J connectivity index is 1.72. The molecule has 0 saturated carbocycles. The Morgan fingerprint density at radius 1 is 1.14 bits per heavy atom. The highest BCUT2D eigenvalue weighted by Gasteiger charge is 2.45. The van der Waals surface area contributed by atoms with E-state index in [1.807, 2.05) is 11.9 Å². The van der Waals surface area contributed by atoms with E-state index in [-0.39, 0.29) is 23.6 Å². The number of likely N-dealkylation sites (tertiary alicyclic amines) is 1. The van der Waals surface area contributed by atoms with E-state index in [4.69, 9.17) is 0 Å². The summed E-state index contributed by atoms with van der Waals surface area (Å²) in [6.07, 6.45) is 0.282. The van der Waals surface area contributed by atoms with E-state index in [0.717, 1.165) is 29.6 Å². The maximum absolute atomic E-state index is 14.7. The van der Waals surface area contributed by atoms with Gasteiger partial charge in [-0.15, -0.1) is 0 Å². The van der Waals surface area contributed by atoms with Crippen LogP contribution in [0.5, 0.6) is 0 Å². The number of nitrogens with zero attached hydrogens (tertiary/aromatic N) is 4. The van der Waals surface area contributed by atoms with Crippen LogP contribution in [-0.2, 0) is 17.9 Å². The molecule has 3 heterocycles. The molecule has 1 N–H and O–H groups in total. The number of hydrogen-bond acceptors (Lipinski definition) is 4. The van der Waals surface area contributed by atoms with Gasteiger partial charge < -0.3 is 19.7 Å². The molecular weight excluding hydrogens is 478 g/mol. The zero-order valence-corrected chi connectivity index (χ0v) is 20.9. The summed E-state index contributed by atoms with van der Waals surface area (Å²) in [6, 6.07) is 1.97. The molecule has 0 bridgehead atoms. The Morgan fingerprint density at radius 3 is 2.50 bits per heavy atom. The fraction of sp³-hybridized carbons (Fsp3) is 0.560. The van der Waals surface area contributed by atoms with Gasteiger partial charge in [-0.05, 0) is 43.6 Å². The predicted octanol–water partition coefficient (Wildman–Crippen LogP) is 3.68. The van der Waals surface area contributed by atoms with Gasteiger partial charge in [-0.1, -0.05) is 20.8 Å². The van der Waals surface area contributed by atoms with E-state index in [1.165, 1.54) is 0 Å². The fourth-order valence-corrected chi connectivity index (χ4v) is 4.73. The first-order chi connectivity index (χ1) is 16.8. The smallest absolute Gasteiger partial charge is 0.272 e. The Labute approximate surface area is 207 Å². The van der Waals surface area contributed by atoms with Crippen molar-refractivity contribution in [2.45, 2.75) is 58.7 Å². The SMILES string of the molecule is CN1CCCn2c(-c3cc(F)ccc3F)nc(C(=O)NC(C(=O)N3CCC(F)(F)C3)C(C)(C)C)c2C1. The first-order valence-corrected chi connectivity index (χ1v) is 12.0. The third-order valence-electron chi connectivity index (χ3n) is 6.67. The molecule has 7 nitrogen and oxygen atoms in total. The van der Waals surface area contributed by atoms with Crippen molar-refractivity contribution in [3.05, 3.63) is 41.2 Å². The molecular formula is C25H31F4N5O2. The number of rotatable bonds is 4. The van der Waals surface area contributed by atoms with Crippen molar-refractivity contribution in [1.82, 2.24) is 24.7 Å². The number of halogens is 4. The van der Waals surface area contributed by atoms with E-state index >= 15 is 0 Å². The van der Waals surface area contributed by atoms with Crippen LogP contribution in [0.25, 0.3) is 11.4 Å². The number of carbonyl (C=O) groups is 2. The zero-order valence-electron chi connectivity index (χ0n) is 20.9. The number of hydrogen-bond donors (Lipinski definition) is 1. The summed E-state index contributed by atoms with van der Waals surface area (Å²) in [5.74, 6) is -5.41. The number of nitrogens with one attached hydrogen (secondary N) is 1. The Kier molecular flexibility index (Phi) is 6.89. The van der Waals surface area contributed by atoms with Gasteiger partial charge in [0.15, 0.2) is 5.69 Å². The van der Waals surface area contributed by atoms with Gasteiger partial charge in [-0.3, -0.25) is 9.59 Å². The summed E-state index contributed by atoms with van der Waals surface area (Å²) in [4.78, 5) is 34.2. The third kappa shape index (κ3) is 5.25. The molecule has 2 aliphatic heterocycles. The summed E-state index contributed by atoms with van der Waals surface area (Å²) in [6.45, 7) is 5.91. The minimum absolute atomic E-state index is 0.00351. The number of carbonyl (C=O) groups excluding carboxylic acids is 2. The van der Waals surface area contributed by atoms with Gasteiger partial charge in [0.05, 0.1) is 17.8 Å². The van der Waals surface area contributed by atoms with E-state index in [9.17, 15) is 27.2 Å². The Hall–Kier alpha value is -2.95. The van der Waals surface area contributed by atoms with E-state index < -0.39 is 53.8 Å². The van der Waals surface area contributed by atoms with Gasteiger partial charge in [-0.2, -0.15) is 0 Å². The van der Waals surface area contributed by atoms with Crippen LogP contribution >= 0.6 is 0 Å². The van der Waals surface area contributed by atoms with Gasteiger partial charge >= 0.3 is 0 Å². The lowest BCUT2D eigenvalue weighted by Crippen LogP contribution is -2.54. The van der Waals surface area contributed by atoms with Crippen molar-refractivity contribution in [3.63, 3.8) is 0 Å². The molecule has 0 radical (unpaired) electrons. The molecule has 0 spiro atoms. The van der Waals surface area contributed by atoms with Crippen molar-refractivity contribution < 1.29 is 27.2 Å². The minimum atomic E-state index is -2.96. The lowest BCUT2D eigenvalue weighted by molar-refractivity contribution is -0.136. The van der Waals surface area contributed by atoms with Gasteiger partial charge in [0.2, 0.25) is 5.91 Å². The summed E-state index contributed by atoms with van der Waals surface area (Å²) in [5, 5.41) is 2.72. The maximum Gasteiger partial charge on any atom is 0.272 e. The summed E-state index contributed by atoms with van der Waals surface area (Å²) in [7, 11) is 1.88. The van der Waals surface area contributed by atoms with Crippen LogP contribution in [0.2, 0.25) is 0 Å². The normalized spacial score (nSPS) is 19.1. The van der Waals surface area contributed by atoms with Crippen LogP contribution in [0, 0.1) is 17.0 Å². The number of aromatic nitrogens is 2. The summed E-state index contributed by atoms with van der Waals surface area (Å²) >= 11 is 0. The van der Waals surface area contributed by atoms with Gasteiger partial charge in [0.25, 0.3) is 11.8 Å². The van der Waals surface area contributed by atoms with Crippen molar-refractivity contribution >= 4 is 11.8 Å². The number of alkyl halides is 2. The second-order valence-corrected chi connectivity index (χ2v) is 10.7. The van der Waals surface area contributed by atoms with Crippen molar-refractivity contribution in [2.75, 3.05) is 26.7 Å². The highest BCUT2D eigenvalue weighted by Crippen LogP contribution is 2.31. The van der Waals surface area contributed by atoms with Crippen LogP contribution in [0.1, 0.15) is 49.8 Å². The molecule has 11 heteroatoms. The van der Waals surface area contributed by atoms with Gasteiger partial charge in [0, 0.05) is 26.1 Å². The molecule has 0 aliphatic carbocycles. The van der Waals surface area contributed by atoms with E-state index in [1.54, 1.807) is 25.3 Å². The van der Waals surface area contributed by atoms with E-state index in [0.29, 0.717) is 25.2 Å². The molecule has 4 rings (SSSR count). The van der Waals surface area contributed by atoms with Crippen LogP contribution in [0.3, 0.4) is 0 Å². The molecule has 1 saturated heterocycles. The lowest BCUT2D eigenvalue weighted by atomic mass is 9.85. The second kappa shape index (κ2) is 9.49. The first-order valence-electron chi connectivity index (χ1n) is 12.0. The first kappa shape index (κ1) is 26.1. The van der Waals surface area contributed by atoms with E-state index in [2.05, 4.69) is 10.3 Å². The number of amides is 2. The van der Waals surface area contributed by atoms with Crippen LogP contribution in [0.4, 0.5) is 17.6 Å². The predicted molar refractivity (Wildman–Crippen MR) is 125 cm³/mol. The van der Waals surface area contributed by atoms with Crippen LogP contribution in [0.15, 0.2) is 18.2 Å². The summed E-state index contributed by atoms with van der Waals surface area (Å²) < 4.78 is 57.9. The van der Waals surface area contributed by atoms with Gasteiger partial charge in [0.1, 0.15) is 23.5 Å². The highest BCUT2D eigenvalue weighted by atomic mass is 19.3. The fourth-order valence-electron chi connectivity index (χ4n) is 4.73. The topological polar surface area (TPSA) is 70.5 Å². The average Bonchev–Trinajstić information content (AvgIpc) is 3.25. The number of imidazole rings is 1. The molecule has 196 valence electrons. The lowest BCUT2D eigenvalue weighted by Gasteiger charge is -2.33. The van der Waals surface area contributed by atoms with Crippen molar-refractivity contribution in [1.29, 1.82) is 0 Å². The molecule has 1 fully saturated rings. The molecule has 1 aromatic heterocycles. The molecule has 2 aromatic rings. The second-order valence-electron chi connectivity index (χ2n) is 10.7. The standard InChI is InChI=1S/C25H31F4N5O2/c1-24(2,3)20(23(36)33-11-8-25(28,29)14-33)31-22(35)19-18-13-32(4)9-5-10-34(18)21(30-19)16-12-15(26)6-7-17(16)27/h6-7,12,20H,5,8-11,13-14H2,1-4H3,(H,31,35). The molecule has 1 atom stereocenters. The molecule has 2 amide bonds. The highest BCUT2D eigenvalue weighted by molar-refractivity contribution is 5.98. The average molecular weight is 510 g/mol. The largest absolute Gasteiger partial charge is 0.338 e. The Bertz CT molecular complexity index is 1170. The Morgan fingerprint density at radius 2 is 1.86 bits per heavy atom. The maximum atomic E-state index is 14.7. The van der Waals surface area contributed by atoms with Crippen LogP contribution < -0.4 is 5.32 Å². The molecule has 36 heavy (non-hydrogen) atoms. The monoisotopic (exact) mass is 509 g/mol. The molecule has 2 aliphatic rings. The van der Waals surface area contributed by atoms with Gasteiger partial charge in [-0.25, -0.2) is 22.5 Å². The number of fused-ring (bicyclic) bond motifs is 1. The minimum Gasteiger partial charge on any atom is -0.338 e. The van der Waals surface area contributed by atoms with Crippen LogP contribution in [-0.4, -0.2) is 69.8 Å². The zero-order chi connectivity index (χ0) is 26.4. The summed E-state index contributed by atoms with van der Waals surface area (Å²) in [5.41, 5.74) is -0.340. The van der Waals surface area contributed by atoms with Crippen molar-refractivity contribution in [3.8, 4) is 11.4 Å². The molecule has 1 aromatic carbocycles. The number of benzene rings is 1. The molecule has 1 unspecified atom stereocenters. The third-order valence-corrected chi connectivity index (χ3v) is 6.67. The quantitative estimate of drug-likeness (QED) is 0.639. The van der Waals surface area contributed by atoms with Crippen molar-refractivity contribution in [2.24, 2.45) is 5.41 Å².